The van der Waals surface area contributed by atoms with Crippen molar-refractivity contribution in [3.8, 4) is 5.69 Å². The molecule has 0 bridgehead atoms. The molecule has 4 nitrogen and oxygen atoms in total. The van der Waals surface area contributed by atoms with Crippen molar-refractivity contribution in [3.63, 3.8) is 0 Å². The summed E-state index contributed by atoms with van der Waals surface area (Å²) < 4.78 is 1.87. The first kappa shape index (κ1) is 12.8. The standard InChI is InChI=1S/C14H20N4/c1-11-8-17-18(10-11)13-5-6-15-12(7-13)9-16-14(2,3)4/h5-8,10,16H,9H2,1-4H3. The quantitative estimate of drug-likeness (QED) is 0.902. The van der Waals surface area contributed by atoms with Gasteiger partial charge in [0.1, 0.15) is 0 Å². The molecule has 2 aromatic heterocycles. The molecule has 0 aliphatic rings. The van der Waals surface area contributed by atoms with Crippen LogP contribution in [0.1, 0.15) is 32.0 Å². The van der Waals surface area contributed by atoms with Crippen molar-refractivity contribution in [2.75, 3.05) is 0 Å². The predicted octanol–water partition coefficient (Wildman–Crippen LogP) is 2.46. The van der Waals surface area contributed by atoms with Gasteiger partial charge in [-0.15, -0.1) is 0 Å². The molecule has 0 unspecified atom stereocenters. The van der Waals surface area contributed by atoms with Crippen LogP contribution in [0.15, 0.2) is 30.7 Å². The van der Waals surface area contributed by atoms with Crippen molar-refractivity contribution in [1.82, 2.24) is 20.1 Å². The monoisotopic (exact) mass is 244 g/mol. The molecular formula is C14H20N4. The lowest BCUT2D eigenvalue weighted by Gasteiger charge is -2.20. The zero-order valence-corrected chi connectivity index (χ0v) is 11.4. The third-order valence-electron chi connectivity index (χ3n) is 2.58. The van der Waals surface area contributed by atoms with Crippen LogP contribution in [-0.4, -0.2) is 20.3 Å². The molecule has 2 aromatic rings. The number of aryl methyl sites for hydroxylation is 1. The van der Waals surface area contributed by atoms with Crippen LogP contribution < -0.4 is 5.32 Å². The zero-order valence-electron chi connectivity index (χ0n) is 11.4. The van der Waals surface area contributed by atoms with E-state index in [1.807, 2.05) is 36.3 Å². The van der Waals surface area contributed by atoms with Crippen LogP contribution in [0, 0.1) is 6.92 Å². The number of nitrogens with zero attached hydrogens (tertiary/aromatic N) is 3. The number of rotatable bonds is 3. The molecule has 0 radical (unpaired) electrons. The summed E-state index contributed by atoms with van der Waals surface area (Å²) in [5.41, 5.74) is 3.32. The minimum atomic E-state index is 0.0972. The molecule has 4 heteroatoms. The molecule has 96 valence electrons. The molecule has 0 amide bonds. The second kappa shape index (κ2) is 4.90. The highest BCUT2D eigenvalue weighted by molar-refractivity contribution is 5.31. The normalized spacial score (nSPS) is 11.8. The minimum absolute atomic E-state index is 0.0972. The van der Waals surface area contributed by atoms with Crippen molar-refractivity contribution in [3.05, 3.63) is 42.0 Å². The molecular weight excluding hydrogens is 224 g/mol. The van der Waals surface area contributed by atoms with Crippen molar-refractivity contribution in [1.29, 1.82) is 0 Å². The van der Waals surface area contributed by atoms with Crippen molar-refractivity contribution >= 4 is 0 Å². The Labute approximate surface area is 108 Å². The molecule has 0 fully saturated rings. The Morgan fingerprint density at radius 3 is 2.72 bits per heavy atom. The summed E-state index contributed by atoms with van der Waals surface area (Å²) in [5, 5.41) is 7.73. The second-order valence-electron chi connectivity index (χ2n) is 5.57. The van der Waals surface area contributed by atoms with Crippen LogP contribution in [0.2, 0.25) is 0 Å². The minimum Gasteiger partial charge on any atom is -0.306 e. The Kier molecular flexibility index (Phi) is 3.48. The molecule has 0 aromatic carbocycles. The van der Waals surface area contributed by atoms with Crippen molar-refractivity contribution in [2.45, 2.75) is 39.8 Å². The number of pyridine rings is 1. The fourth-order valence-electron chi connectivity index (χ4n) is 1.61. The summed E-state index contributed by atoms with van der Waals surface area (Å²) in [6.07, 6.45) is 5.69. The molecule has 0 saturated heterocycles. The second-order valence-corrected chi connectivity index (χ2v) is 5.57. The van der Waals surface area contributed by atoms with Crippen LogP contribution in [0.3, 0.4) is 0 Å². The maximum Gasteiger partial charge on any atom is 0.0679 e. The largest absolute Gasteiger partial charge is 0.306 e. The Morgan fingerprint density at radius 1 is 1.33 bits per heavy atom. The van der Waals surface area contributed by atoms with Gasteiger partial charge in [0.15, 0.2) is 0 Å². The highest BCUT2D eigenvalue weighted by Gasteiger charge is 2.09. The molecule has 0 saturated carbocycles. The molecule has 2 heterocycles. The van der Waals surface area contributed by atoms with Gasteiger partial charge in [-0.1, -0.05) is 0 Å². The topological polar surface area (TPSA) is 42.7 Å². The maximum atomic E-state index is 4.37. The molecule has 0 spiro atoms. The summed E-state index contributed by atoms with van der Waals surface area (Å²) in [6, 6.07) is 4.03. The van der Waals surface area contributed by atoms with E-state index in [4.69, 9.17) is 0 Å². The van der Waals surface area contributed by atoms with E-state index in [0.717, 1.165) is 23.5 Å². The average molecular weight is 244 g/mol. The van der Waals surface area contributed by atoms with Crippen LogP contribution in [-0.2, 0) is 6.54 Å². The Hall–Kier alpha value is -1.68. The average Bonchev–Trinajstić information content (AvgIpc) is 2.73. The van der Waals surface area contributed by atoms with Crippen LogP contribution in [0.4, 0.5) is 0 Å². The smallest absolute Gasteiger partial charge is 0.0679 e. The van der Waals surface area contributed by atoms with E-state index in [1.165, 1.54) is 0 Å². The maximum absolute atomic E-state index is 4.37. The highest BCUT2D eigenvalue weighted by atomic mass is 15.3. The zero-order chi connectivity index (χ0) is 13.2. The summed E-state index contributed by atoms with van der Waals surface area (Å²) in [4.78, 5) is 4.37. The van der Waals surface area contributed by atoms with Crippen molar-refractivity contribution in [2.24, 2.45) is 0 Å². The lowest BCUT2D eigenvalue weighted by molar-refractivity contribution is 0.421. The first-order valence-electron chi connectivity index (χ1n) is 6.16. The number of hydrogen-bond donors (Lipinski definition) is 1. The van der Waals surface area contributed by atoms with Gasteiger partial charge in [0.25, 0.3) is 0 Å². The van der Waals surface area contributed by atoms with Gasteiger partial charge in [0.05, 0.1) is 17.6 Å². The van der Waals surface area contributed by atoms with E-state index in [0.29, 0.717) is 0 Å². The van der Waals surface area contributed by atoms with Crippen LogP contribution >= 0.6 is 0 Å². The fraction of sp³-hybridized carbons (Fsp3) is 0.429. The van der Waals surface area contributed by atoms with Gasteiger partial charge in [-0.3, -0.25) is 4.98 Å². The van der Waals surface area contributed by atoms with Gasteiger partial charge in [-0.25, -0.2) is 4.68 Å². The lowest BCUT2D eigenvalue weighted by Crippen LogP contribution is -2.35. The fourth-order valence-corrected chi connectivity index (χ4v) is 1.61. The lowest BCUT2D eigenvalue weighted by atomic mass is 10.1. The van der Waals surface area contributed by atoms with Gasteiger partial charge >= 0.3 is 0 Å². The first-order chi connectivity index (χ1) is 8.44. The van der Waals surface area contributed by atoms with Crippen LogP contribution in [0.5, 0.6) is 0 Å². The Morgan fingerprint density at radius 2 is 2.11 bits per heavy atom. The van der Waals surface area contributed by atoms with E-state index in [2.05, 4.69) is 42.2 Å². The van der Waals surface area contributed by atoms with Gasteiger partial charge < -0.3 is 5.32 Å². The van der Waals surface area contributed by atoms with E-state index < -0.39 is 0 Å². The third kappa shape index (κ3) is 3.40. The molecule has 2 rings (SSSR count). The Bertz CT molecular complexity index is 523. The van der Waals surface area contributed by atoms with E-state index >= 15 is 0 Å². The molecule has 0 aliphatic carbocycles. The van der Waals surface area contributed by atoms with Gasteiger partial charge in [0.2, 0.25) is 0 Å². The predicted molar refractivity (Wildman–Crippen MR) is 72.7 cm³/mol. The van der Waals surface area contributed by atoms with E-state index in [-0.39, 0.29) is 5.54 Å². The van der Waals surface area contributed by atoms with Gasteiger partial charge in [-0.05, 0) is 45.4 Å². The first-order valence-corrected chi connectivity index (χ1v) is 6.16. The summed E-state index contributed by atoms with van der Waals surface area (Å²) in [6.45, 7) is 9.24. The van der Waals surface area contributed by atoms with Crippen LogP contribution in [0.25, 0.3) is 5.69 Å². The molecule has 0 aliphatic heterocycles. The van der Waals surface area contributed by atoms with E-state index in [9.17, 15) is 0 Å². The summed E-state index contributed by atoms with van der Waals surface area (Å²) >= 11 is 0. The van der Waals surface area contributed by atoms with E-state index in [1.54, 1.807) is 0 Å². The highest BCUT2D eigenvalue weighted by Crippen LogP contribution is 2.09. The summed E-state index contributed by atoms with van der Waals surface area (Å²) in [7, 11) is 0. The molecule has 1 N–H and O–H groups in total. The number of hydrogen-bond acceptors (Lipinski definition) is 3. The molecule has 0 atom stereocenters. The summed E-state index contributed by atoms with van der Waals surface area (Å²) in [5.74, 6) is 0. The third-order valence-corrected chi connectivity index (χ3v) is 2.58. The van der Waals surface area contributed by atoms with Gasteiger partial charge in [-0.2, -0.15) is 5.10 Å². The Balaban J connectivity index is 2.15. The number of aromatic nitrogens is 3. The number of nitrogens with one attached hydrogen (secondary N) is 1. The van der Waals surface area contributed by atoms with Gasteiger partial charge in [0, 0.05) is 24.5 Å². The molecule has 18 heavy (non-hydrogen) atoms. The van der Waals surface area contributed by atoms with Crippen molar-refractivity contribution < 1.29 is 0 Å². The SMILES string of the molecule is Cc1cnn(-c2ccnc(CNC(C)(C)C)c2)c1.